The number of rotatable bonds is 10. The fraction of sp³-hybridized carbons (Fsp3) is 0.312. The minimum atomic E-state index is 1.00. The number of hydrogen-bond donors (Lipinski definition) is 1. The van der Waals surface area contributed by atoms with Gasteiger partial charge in [0.1, 0.15) is 0 Å². The summed E-state index contributed by atoms with van der Waals surface area (Å²) in [5.74, 6) is 0. The molecule has 4 rings (SSSR count). The van der Waals surface area contributed by atoms with Gasteiger partial charge in [-0.3, -0.25) is 0 Å². The first kappa shape index (κ1) is 24.4. The van der Waals surface area contributed by atoms with Gasteiger partial charge < -0.3 is 5.32 Å². The second-order valence-electron chi connectivity index (χ2n) is 9.16. The van der Waals surface area contributed by atoms with Gasteiger partial charge in [-0.2, -0.15) is 0 Å². The van der Waals surface area contributed by atoms with E-state index in [1.165, 1.54) is 69.0 Å². The van der Waals surface area contributed by atoms with Crippen LogP contribution in [0.3, 0.4) is 0 Å². The van der Waals surface area contributed by atoms with E-state index < -0.39 is 0 Å². The van der Waals surface area contributed by atoms with Gasteiger partial charge in [0.05, 0.1) is 0 Å². The smallest absolute Gasteiger partial charge is 0.0482 e. The Kier molecular flexibility index (Phi) is 8.71. The van der Waals surface area contributed by atoms with E-state index in [0.717, 1.165) is 19.4 Å². The zero-order valence-corrected chi connectivity index (χ0v) is 21.7. The topological polar surface area (TPSA) is 12.0 Å². The van der Waals surface area contributed by atoms with Crippen molar-refractivity contribution in [2.45, 2.75) is 64.2 Å². The molecule has 1 saturated carbocycles. The molecule has 2 aromatic carbocycles. The van der Waals surface area contributed by atoms with Crippen LogP contribution >= 0.6 is 11.8 Å². The van der Waals surface area contributed by atoms with Crippen molar-refractivity contribution in [1.29, 1.82) is 0 Å². The van der Waals surface area contributed by atoms with Gasteiger partial charge >= 0.3 is 0 Å². The fourth-order valence-electron chi connectivity index (χ4n) is 4.22. The third-order valence-corrected chi connectivity index (χ3v) is 7.54. The molecular weight excluding hydrogens is 430 g/mol. The Morgan fingerprint density at radius 2 is 1.76 bits per heavy atom. The maximum atomic E-state index is 3.58. The fourth-order valence-corrected chi connectivity index (χ4v) is 5.35. The third-order valence-electron chi connectivity index (χ3n) is 6.32. The molecule has 2 heteroatoms. The highest BCUT2D eigenvalue weighted by molar-refractivity contribution is 8.03. The van der Waals surface area contributed by atoms with E-state index in [1.54, 1.807) is 5.57 Å². The highest BCUT2D eigenvalue weighted by Gasteiger charge is 2.18. The van der Waals surface area contributed by atoms with Crippen LogP contribution in [-0.4, -0.2) is 6.54 Å². The quantitative estimate of drug-likeness (QED) is 0.349. The summed E-state index contributed by atoms with van der Waals surface area (Å²) in [6, 6.07) is 17.5. The molecule has 0 heterocycles. The number of anilines is 1. The Morgan fingerprint density at radius 3 is 2.56 bits per heavy atom. The van der Waals surface area contributed by atoms with Crippen molar-refractivity contribution in [2.75, 3.05) is 11.9 Å². The molecule has 0 saturated heterocycles. The normalized spacial score (nSPS) is 16.2. The molecule has 0 radical (unpaired) electrons. The molecule has 0 unspecified atom stereocenters. The van der Waals surface area contributed by atoms with Crippen LogP contribution in [0, 0.1) is 0 Å². The molecular formula is C32H37NS. The van der Waals surface area contributed by atoms with Crippen LogP contribution in [-0.2, 0) is 0 Å². The highest BCUT2D eigenvalue weighted by Crippen LogP contribution is 2.42. The first-order valence-electron chi connectivity index (χ1n) is 12.8. The van der Waals surface area contributed by atoms with Crippen molar-refractivity contribution in [1.82, 2.24) is 0 Å². The summed E-state index contributed by atoms with van der Waals surface area (Å²) >= 11 is 1.90. The van der Waals surface area contributed by atoms with Gasteiger partial charge in [-0.1, -0.05) is 98.3 Å². The molecule has 0 bridgehead atoms. The number of allylic oxidation sites excluding steroid dienone is 8. The zero-order valence-electron chi connectivity index (χ0n) is 20.9. The number of thioether (sulfide) groups is 1. The molecule has 0 amide bonds. The van der Waals surface area contributed by atoms with Crippen LogP contribution in [0.5, 0.6) is 0 Å². The predicted octanol–water partition coefficient (Wildman–Crippen LogP) is 9.82. The minimum Gasteiger partial charge on any atom is -0.384 e. The van der Waals surface area contributed by atoms with Gasteiger partial charge in [0.25, 0.3) is 0 Å². The van der Waals surface area contributed by atoms with E-state index in [9.17, 15) is 0 Å². The Hall–Kier alpha value is -2.71. The van der Waals surface area contributed by atoms with Gasteiger partial charge in [0.2, 0.25) is 0 Å². The minimum absolute atomic E-state index is 1.00. The second-order valence-corrected chi connectivity index (χ2v) is 10.2. The maximum Gasteiger partial charge on any atom is 0.0482 e. The molecule has 176 valence electrons. The van der Waals surface area contributed by atoms with E-state index in [1.807, 2.05) is 11.8 Å². The molecule has 1 fully saturated rings. The highest BCUT2D eigenvalue weighted by atomic mass is 32.2. The molecule has 1 N–H and O–H groups in total. The Bertz CT molecular complexity index is 1150. The van der Waals surface area contributed by atoms with Crippen molar-refractivity contribution in [3.05, 3.63) is 106 Å². The number of benzene rings is 2. The lowest BCUT2D eigenvalue weighted by Crippen LogP contribution is -2.00. The van der Waals surface area contributed by atoms with E-state index >= 15 is 0 Å². The summed E-state index contributed by atoms with van der Waals surface area (Å²) in [6.07, 6.45) is 18.8. The molecule has 0 aromatic heterocycles. The van der Waals surface area contributed by atoms with Gasteiger partial charge in [-0.15, -0.1) is 0 Å². The summed E-state index contributed by atoms with van der Waals surface area (Å²) in [5.41, 5.74) is 9.60. The van der Waals surface area contributed by atoms with Crippen molar-refractivity contribution in [2.24, 2.45) is 0 Å². The molecule has 0 atom stereocenters. The van der Waals surface area contributed by atoms with Gasteiger partial charge in [-0.25, -0.2) is 0 Å². The lowest BCUT2D eigenvalue weighted by Gasteiger charge is -2.11. The molecule has 1 nitrogen and oxygen atoms in total. The van der Waals surface area contributed by atoms with E-state index in [4.69, 9.17) is 0 Å². The van der Waals surface area contributed by atoms with Crippen LogP contribution < -0.4 is 5.32 Å². The van der Waals surface area contributed by atoms with Crippen LogP contribution in [0.4, 0.5) is 5.69 Å². The second kappa shape index (κ2) is 12.1. The Labute approximate surface area is 210 Å². The van der Waals surface area contributed by atoms with Gasteiger partial charge in [-0.05, 0) is 85.1 Å². The molecule has 2 aliphatic rings. The van der Waals surface area contributed by atoms with Crippen molar-refractivity contribution in [3.63, 3.8) is 0 Å². The monoisotopic (exact) mass is 467 g/mol. The molecule has 2 aliphatic carbocycles. The standard InChI is InChI=1S/C32H37NS/c1-4-6-12-26-23-28-13-7-8-15-29(28)27(22-24(26)3)14-11-18-31(25-19-20-25)34-32-17-10-9-16-30(32)33-21-5-2/h7-11,13-18,22-23,33H,4-6,12,19-21H2,1-3H3/b18-11+,27-14-. The lowest BCUT2D eigenvalue weighted by molar-refractivity contribution is 0.794. The van der Waals surface area contributed by atoms with Crippen LogP contribution in [0.1, 0.15) is 70.4 Å². The Morgan fingerprint density at radius 1 is 0.971 bits per heavy atom. The summed E-state index contributed by atoms with van der Waals surface area (Å²) in [4.78, 5) is 2.70. The summed E-state index contributed by atoms with van der Waals surface area (Å²) < 4.78 is 0. The average Bonchev–Trinajstić information content (AvgIpc) is 3.71. The van der Waals surface area contributed by atoms with Crippen LogP contribution in [0.25, 0.3) is 11.6 Å². The van der Waals surface area contributed by atoms with Gasteiger partial charge in [0.15, 0.2) is 0 Å². The summed E-state index contributed by atoms with van der Waals surface area (Å²) in [7, 11) is 0. The maximum absolute atomic E-state index is 3.58. The number of hydrogen-bond acceptors (Lipinski definition) is 2. The van der Waals surface area contributed by atoms with Crippen molar-refractivity contribution < 1.29 is 0 Å². The SMILES string of the molecule is CCCCC1=Cc2ccccc2/C(=C\C=C\C(Sc2ccccc2NCCC)=C2CC2)C=C1C. The predicted molar refractivity (Wildman–Crippen MR) is 152 cm³/mol. The lowest BCUT2D eigenvalue weighted by atomic mass is 9.99. The molecule has 34 heavy (non-hydrogen) atoms. The molecule has 0 aliphatic heterocycles. The number of nitrogens with one attached hydrogen (secondary N) is 1. The average molecular weight is 468 g/mol. The van der Waals surface area contributed by atoms with E-state index in [-0.39, 0.29) is 0 Å². The molecule has 2 aromatic rings. The number of unbranched alkanes of at least 4 members (excludes halogenated alkanes) is 1. The first-order valence-corrected chi connectivity index (χ1v) is 13.6. The van der Waals surface area contributed by atoms with Crippen LogP contribution in [0.15, 0.2) is 99.4 Å². The number of fused-ring (bicyclic) bond motifs is 1. The summed E-state index contributed by atoms with van der Waals surface area (Å²) in [5, 5.41) is 3.58. The Balaban J connectivity index is 1.59. The third kappa shape index (κ3) is 6.45. The van der Waals surface area contributed by atoms with E-state index in [0.29, 0.717) is 0 Å². The summed E-state index contributed by atoms with van der Waals surface area (Å²) in [6.45, 7) is 7.74. The van der Waals surface area contributed by atoms with Crippen LogP contribution in [0.2, 0.25) is 0 Å². The zero-order chi connectivity index (χ0) is 23.8. The first-order chi connectivity index (χ1) is 16.7. The van der Waals surface area contributed by atoms with Crippen molar-refractivity contribution in [3.8, 4) is 0 Å². The largest absolute Gasteiger partial charge is 0.384 e. The van der Waals surface area contributed by atoms with E-state index in [2.05, 4.69) is 105 Å². The molecule has 0 spiro atoms. The van der Waals surface area contributed by atoms with Crippen molar-refractivity contribution >= 4 is 29.1 Å². The van der Waals surface area contributed by atoms with Gasteiger partial charge in [0, 0.05) is 22.0 Å². The number of para-hydroxylation sites is 1.